The van der Waals surface area contributed by atoms with Crippen LogP contribution in [0.4, 0.5) is 0 Å². The number of nitrogens with two attached hydrogens (primary N) is 1. The van der Waals surface area contributed by atoms with Gasteiger partial charge in [-0.2, -0.15) is 0 Å². The van der Waals surface area contributed by atoms with Gasteiger partial charge in [-0.15, -0.1) is 0 Å². The molecule has 1 fully saturated rings. The summed E-state index contributed by atoms with van der Waals surface area (Å²) in [6, 6.07) is 1.82. The third kappa shape index (κ3) is 3.74. The zero-order valence-corrected chi connectivity index (χ0v) is 12.0. The van der Waals surface area contributed by atoms with Crippen LogP contribution in [0.1, 0.15) is 45.4 Å². The monoisotopic (exact) mass is 263 g/mol. The molecule has 0 aromatic carbocycles. The third-order valence-corrected chi connectivity index (χ3v) is 4.38. The van der Waals surface area contributed by atoms with Gasteiger partial charge in [0.25, 0.3) is 0 Å². The Bertz CT molecular complexity index is 372. The fourth-order valence-electron chi connectivity index (χ4n) is 2.86. The molecule has 4 heteroatoms. The topological polar surface area (TPSA) is 61.0 Å². The van der Waals surface area contributed by atoms with Crippen molar-refractivity contribution < 1.29 is 4.74 Å². The Morgan fingerprint density at radius 1 is 1.32 bits per heavy atom. The maximum absolute atomic E-state index is 6.08. The summed E-state index contributed by atoms with van der Waals surface area (Å²) in [6.45, 7) is 5.66. The van der Waals surface area contributed by atoms with Crippen molar-refractivity contribution in [2.45, 2.75) is 51.7 Å². The minimum absolute atomic E-state index is 0.162. The van der Waals surface area contributed by atoms with Crippen molar-refractivity contribution in [3.63, 3.8) is 0 Å². The molecule has 1 heterocycles. The molecule has 1 aliphatic carbocycles. The highest BCUT2D eigenvalue weighted by molar-refractivity contribution is 4.91. The summed E-state index contributed by atoms with van der Waals surface area (Å²) in [5.74, 6) is 2.31. The van der Waals surface area contributed by atoms with E-state index in [1.807, 2.05) is 6.07 Å². The van der Waals surface area contributed by atoms with Gasteiger partial charge in [-0.25, -0.2) is 9.97 Å². The largest absolute Gasteiger partial charge is 0.366 e. The molecule has 0 radical (unpaired) electrons. The quantitative estimate of drug-likeness (QED) is 0.886. The summed E-state index contributed by atoms with van der Waals surface area (Å²) >= 11 is 0. The molecule has 4 nitrogen and oxygen atoms in total. The second-order valence-corrected chi connectivity index (χ2v) is 5.92. The van der Waals surface area contributed by atoms with E-state index in [0.29, 0.717) is 13.2 Å². The molecular formula is C15H25N3O. The van der Waals surface area contributed by atoms with Gasteiger partial charge in [0.05, 0.1) is 5.60 Å². The van der Waals surface area contributed by atoms with E-state index in [-0.39, 0.29) is 5.60 Å². The summed E-state index contributed by atoms with van der Waals surface area (Å²) < 4.78 is 6.08. The van der Waals surface area contributed by atoms with Gasteiger partial charge in [0.1, 0.15) is 6.61 Å². The first-order valence-electron chi connectivity index (χ1n) is 7.25. The van der Waals surface area contributed by atoms with Gasteiger partial charge in [-0.05, 0) is 43.6 Å². The number of hydrogen-bond acceptors (Lipinski definition) is 4. The first-order chi connectivity index (χ1) is 9.15. The van der Waals surface area contributed by atoms with Crippen LogP contribution in [0.5, 0.6) is 0 Å². The number of hydrogen-bond donors (Lipinski definition) is 1. The molecule has 1 saturated carbocycles. The highest BCUT2D eigenvalue weighted by atomic mass is 16.5. The first-order valence-corrected chi connectivity index (χ1v) is 7.25. The van der Waals surface area contributed by atoms with Crippen LogP contribution in [-0.4, -0.2) is 22.1 Å². The minimum atomic E-state index is -0.162. The Balaban J connectivity index is 1.90. The van der Waals surface area contributed by atoms with Crippen molar-refractivity contribution in [1.29, 1.82) is 0 Å². The fraction of sp³-hybridized carbons (Fsp3) is 0.733. The zero-order chi connectivity index (χ0) is 13.7. The fourth-order valence-corrected chi connectivity index (χ4v) is 2.86. The molecule has 106 valence electrons. The van der Waals surface area contributed by atoms with Crippen LogP contribution in [0.2, 0.25) is 0 Å². The van der Waals surface area contributed by atoms with Crippen LogP contribution >= 0.6 is 0 Å². The van der Waals surface area contributed by atoms with Crippen LogP contribution in [0.3, 0.4) is 0 Å². The highest BCUT2D eigenvalue weighted by Crippen LogP contribution is 2.37. The standard InChI is InChI=1S/C15H25N3O/c1-12(2)13-4-6-15(11-16,7-5-13)19-10-14-17-8-3-9-18-14/h3,8-9,12-13H,4-7,10-11,16H2,1-2H3. The van der Waals surface area contributed by atoms with Gasteiger partial charge in [-0.1, -0.05) is 13.8 Å². The van der Waals surface area contributed by atoms with Crippen LogP contribution in [0.25, 0.3) is 0 Å². The van der Waals surface area contributed by atoms with E-state index in [2.05, 4.69) is 23.8 Å². The Morgan fingerprint density at radius 2 is 1.95 bits per heavy atom. The third-order valence-electron chi connectivity index (χ3n) is 4.38. The van der Waals surface area contributed by atoms with Gasteiger partial charge in [0, 0.05) is 18.9 Å². The molecule has 2 rings (SSSR count). The summed E-state index contributed by atoms with van der Waals surface area (Å²) in [5, 5.41) is 0. The molecule has 1 aromatic rings. The van der Waals surface area contributed by atoms with Crippen LogP contribution in [0, 0.1) is 11.8 Å². The first kappa shape index (κ1) is 14.4. The van der Waals surface area contributed by atoms with Crippen molar-refractivity contribution in [2.24, 2.45) is 17.6 Å². The lowest BCUT2D eigenvalue weighted by atomic mass is 9.74. The smallest absolute Gasteiger partial charge is 0.153 e. The molecule has 0 amide bonds. The molecule has 0 bridgehead atoms. The summed E-state index contributed by atoms with van der Waals surface area (Å²) in [4.78, 5) is 8.39. The molecule has 0 spiro atoms. The van der Waals surface area contributed by atoms with E-state index in [1.165, 1.54) is 12.8 Å². The number of ether oxygens (including phenoxy) is 1. The predicted octanol–water partition coefficient (Wildman–Crippen LogP) is 2.54. The number of aromatic nitrogens is 2. The van der Waals surface area contributed by atoms with Crippen LogP contribution < -0.4 is 5.73 Å². The molecule has 0 unspecified atom stereocenters. The van der Waals surface area contributed by atoms with E-state index in [0.717, 1.165) is 30.5 Å². The highest BCUT2D eigenvalue weighted by Gasteiger charge is 2.36. The average molecular weight is 263 g/mol. The Hall–Kier alpha value is -1.00. The van der Waals surface area contributed by atoms with E-state index >= 15 is 0 Å². The lowest BCUT2D eigenvalue weighted by molar-refractivity contribution is -0.0861. The SMILES string of the molecule is CC(C)C1CCC(CN)(OCc2ncccn2)CC1. The molecule has 0 aliphatic heterocycles. The second kappa shape index (κ2) is 6.44. The van der Waals surface area contributed by atoms with Gasteiger partial charge in [0.15, 0.2) is 5.82 Å². The van der Waals surface area contributed by atoms with E-state index in [1.54, 1.807) is 12.4 Å². The zero-order valence-electron chi connectivity index (χ0n) is 12.0. The average Bonchev–Trinajstić information content (AvgIpc) is 2.46. The van der Waals surface area contributed by atoms with E-state index in [9.17, 15) is 0 Å². The Morgan fingerprint density at radius 3 is 2.47 bits per heavy atom. The van der Waals surface area contributed by atoms with Crippen molar-refractivity contribution in [3.05, 3.63) is 24.3 Å². The van der Waals surface area contributed by atoms with E-state index < -0.39 is 0 Å². The van der Waals surface area contributed by atoms with Crippen molar-refractivity contribution >= 4 is 0 Å². The van der Waals surface area contributed by atoms with E-state index in [4.69, 9.17) is 10.5 Å². The molecule has 19 heavy (non-hydrogen) atoms. The lowest BCUT2D eigenvalue weighted by Crippen LogP contribution is -2.44. The second-order valence-electron chi connectivity index (χ2n) is 5.92. The van der Waals surface area contributed by atoms with Gasteiger partial charge in [-0.3, -0.25) is 0 Å². The molecule has 2 N–H and O–H groups in total. The molecule has 1 aliphatic rings. The predicted molar refractivity (Wildman–Crippen MR) is 75.4 cm³/mol. The van der Waals surface area contributed by atoms with Crippen molar-refractivity contribution in [1.82, 2.24) is 9.97 Å². The van der Waals surface area contributed by atoms with Gasteiger partial charge < -0.3 is 10.5 Å². The normalized spacial score (nSPS) is 27.7. The van der Waals surface area contributed by atoms with Crippen LogP contribution in [-0.2, 0) is 11.3 Å². The van der Waals surface area contributed by atoms with Crippen LogP contribution in [0.15, 0.2) is 18.5 Å². The molecule has 0 saturated heterocycles. The Kier molecular flexibility index (Phi) is 4.88. The number of nitrogens with zero attached hydrogens (tertiary/aromatic N) is 2. The molecular weight excluding hydrogens is 238 g/mol. The minimum Gasteiger partial charge on any atom is -0.366 e. The van der Waals surface area contributed by atoms with Gasteiger partial charge >= 0.3 is 0 Å². The van der Waals surface area contributed by atoms with Crippen molar-refractivity contribution in [3.8, 4) is 0 Å². The molecule has 0 atom stereocenters. The summed E-state index contributed by atoms with van der Waals surface area (Å²) in [6.07, 6.45) is 8.03. The summed E-state index contributed by atoms with van der Waals surface area (Å²) in [5.41, 5.74) is 5.80. The number of rotatable bonds is 5. The molecule has 1 aromatic heterocycles. The van der Waals surface area contributed by atoms with Crippen molar-refractivity contribution in [2.75, 3.05) is 6.54 Å². The Labute approximate surface area is 115 Å². The summed E-state index contributed by atoms with van der Waals surface area (Å²) in [7, 11) is 0. The lowest BCUT2D eigenvalue weighted by Gasteiger charge is -2.40. The van der Waals surface area contributed by atoms with Gasteiger partial charge in [0.2, 0.25) is 0 Å². The maximum atomic E-state index is 6.08. The maximum Gasteiger partial charge on any atom is 0.153 e.